The van der Waals surface area contributed by atoms with E-state index in [1.54, 1.807) is 19.2 Å². The van der Waals surface area contributed by atoms with Crippen molar-refractivity contribution in [3.8, 4) is 16.9 Å². The average Bonchev–Trinajstić information content (AvgIpc) is 2.75. The van der Waals surface area contributed by atoms with E-state index in [-0.39, 0.29) is 30.7 Å². The lowest BCUT2D eigenvalue weighted by molar-refractivity contribution is 0.102. The maximum absolute atomic E-state index is 13.2. The molecular weight excluding hydrogens is 457 g/mol. The number of ether oxygens (including phenoxy) is 1. The quantitative estimate of drug-likeness (QED) is 0.418. The van der Waals surface area contributed by atoms with Gasteiger partial charge in [-0.1, -0.05) is 55.8 Å². The molecule has 0 radical (unpaired) electrons. The number of aryl methyl sites for hydroxylation is 2. The van der Waals surface area contributed by atoms with Gasteiger partial charge < -0.3 is 15.8 Å². The number of carbonyl (C=O) groups is 1. The molecule has 0 atom stereocenters. The minimum atomic E-state index is -0.240. The van der Waals surface area contributed by atoms with Gasteiger partial charge in [0.2, 0.25) is 0 Å². The number of nitrogens with one attached hydrogen (secondary N) is 1. The fourth-order valence-corrected chi connectivity index (χ4v) is 3.78. The van der Waals surface area contributed by atoms with E-state index >= 15 is 0 Å². The number of carbonyl (C=O) groups excluding carboxylic acids is 1. The Hall–Kier alpha value is -2.60. The third-order valence-electron chi connectivity index (χ3n) is 5.30. The number of pyridine rings is 1. The van der Waals surface area contributed by atoms with Crippen LogP contribution in [0.15, 0.2) is 48.5 Å². The molecule has 1 heterocycles. The van der Waals surface area contributed by atoms with Gasteiger partial charge >= 0.3 is 0 Å². The SMILES string of the molecule is COc1ccccc1C(=O)Nc1c(C)nc(CC(C)C)c(CN)c1-c1ccc(C)cc1.Cl.Cl. The summed E-state index contributed by atoms with van der Waals surface area (Å²) in [6.07, 6.45) is 0.826. The van der Waals surface area contributed by atoms with Crippen LogP contribution in [0, 0.1) is 19.8 Å². The lowest BCUT2D eigenvalue weighted by Crippen LogP contribution is -2.18. The molecular formula is C26H33Cl2N3O2. The van der Waals surface area contributed by atoms with Gasteiger partial charge in [0.15, 0.2) is 0 Å². The van der Waals surface area contributed by atoms with E-state index in [0.717, 1.165) is 34.5 Å². The first-order chi connectivity index (χ1) is 14.8. The highest BCUT2D eigenvalue weighted by molar-refractivity contribution is 6.08. The summed E-state index contributed by atoms with van der Waals surface area (Å²) in [6, 6.07) is 15.5. The van der Waals surface area contributed by atoms with Crippen molar-refractivity contribution in [2.45, 2.75) is 40.7 Å². The van der Waals surface area contributed by atoms with E-state index in [1.165, 1.54) is 5.56 Å². The molecule has 3 rings (SSSR count). The fourth-order valence-electron chi connectivity index (χ4n) is 3.78. The summed E-state index contributed by atoms with van der Waals surface area (Å²) >= 11 is 0. The van der Waals surface area contributed by atoms with Gasteiger partial charge in [-0.3, -0.25) is 9.78 Å². The van der Waals surface area contributed by atoms with Gasteiger partial charge in [0.25, 0.3) is 5.91 Å². The number of nitrogens with two attached hydrogens (primary N) is 1. The highest BCUT2D eigenvalue weighted by Gasteiger charge is 2.22. The summed E-state index contributed by atoms with van der Waals surface area (Å²) in [5, 5.41) is 3.10. The topological polar surface area (TPSA) is 77.2 Å². The van der Waals surface area contributed by atoms with Crippen molar-refractivity contribution >= 4 is 36.4 Å². The second-order valence-electron chi connectivity index (χ2n) is 8.19. The molecule has 0 aliphatic carbocycles. The fraction of sp³-hybridized carbons (Fsp3) is 0.308. The summed E-state index contributed by atoms with van der Waals surface area (Å²) in [5.41, 5.74) is 13.2. The van der Waals surface area contributed by atoms with Crippen LogP contribution in [0.25, 0.3) is 11.1 Å². The normalized spacial score (nSPS) is 10.3. The lowest BCUT2D eigenvalue weighted by Gasteiger charge is -2.22. The third-order valence-corrected chi connectivity index (χ3v) is 5.30. The smallest absolute Gasteiger partial charge is 0.259 e. The summed E-state index contributed by atoms with van der Waals surface area (Å²) < 4.78 is 5.37. The van der Waals surface area contributed by atoms with Crippen LogP contribution >= 0.6 is 24.8 Å². The minimum Gasteiger partial charge on any atom is -0.496 e. The Morgan fingerprint density at radius 2 is 1.70 bits per heavy atom. The molecule has 33 heavy (non-hydrogen) atoms. The van der Waals surface area contributed by atoms with E-state index in [4.69, 9.17) is 15.5 Å². The van der Waals surface area contributed by atoms with Crippen molar-refractivity contribution < 1.29 is 9.53 Å². The van der Waals surface area contributed by atoms with Crippen molar-refractivity contribution in [2.24, 2.45) is 11.7 Å². The average molecular weight is 490 g/mol. The number of halogens is 2. The molecule has 0 bridgehead atoms. The number of aromatic nitrogens is 1. The maximum Gasteiger partial charge on any atom is 0.259 e. The molecule has 0 aliphatic rings. The largest absolute Gasteiger partial charge is 0.496 e. The standard InChI is InChI=1S/C26H31N3O2.2ClH/c1-16(2)14-22-21(15-27)24(19-12-10-17(3)11-13-19)25(18(4)28-22)29-26(30)20-8-6-7-9-23(20)31-5;;/h6-13,16H,14-15,27H2,1-5H3,(H,29,30);2*1H. The number of hydrogen-bond donors (Lipinski definition) is 2. The van der Waals surface area contributed by atoms with Crippen molar-refractivity contribution in [3.05, 3.63) is 76.6 Å². The molecule has 2 aromatic carbocycles. The highest BCUT2D eigenvalue weighted by Crippen LogP contribution is 2.36. The molecule has 1 amide bonds. The van der Waals surface area contributed by atoms with Crippen LogP contribution in [0.3, 0.4) is 0 Å². The van der Waals surface area contributed by atoms with E-state index in [9.17, 15) is 4.79 Å². The molecule has 3 aromatic rings. The first kappa shape index (κ1) is 28.4. The zero-order valence-electron chi connectivity index (χ0n) is 19.8. The maximum atomic E-state index is 13.2. The summed E-state index contributed by atoms with van der Waals surface area (Å²) in [4.78, 5) is 18.0. The number of methoxy groups -OCH3 is 1. The molecule has 0 spiro atoms. The monoisotopic (exact) mass is 489 g/mol. The number of para-hydroxylation sites is 1. The molecule has 0 fully saturated rings. The summed E-state index contributed by atoms with van der Waals surface area (Å²) in [7, 11) is 1.56. The minimum absolute atomic E-state index is 0. The Balaban J connectivity index is 0.00000272. The molecule has 0 saturated carbocycles. The molecule has 7 heteroatoms. The number of hydrogen-bond acceptors (Lipinski definition) is 4. The van der Waals surface area contributed by atoms with Crippen molar-refractivity contribution in [2.75, 3.05) is 12.4 Å². The molecule has 1 aromatic heterocycles. The second-order valence-corrected chi connectivity index (χ2v) is 8.19. The summed E-state index contributed by atoms with van der Waals surface area (Å²) in [5.74, 6) is 0.727. The Kier molecular flexibility index (Phi) is 10.8. The second kappa shape index (κ2) is 12.6. The van der Waals surface area contributed by atoms with Gasteiger partial charge in [0, 0.05) is 17.8 Å². The van der Waals surface area contributed by atoms with Crippen LogP contribution in [0.1, 0.15) is 46.7 Å². The number of benzene rings is 2. The predicted octanol–water partition coefficient (Wildman–Crippen LogP) is 6.13. The summed E-state index contributed by atoms with van der Waals surface area (Å²) in [6.45, 7) is 8.66. The Morgan fingerprint density at radius 1 is 1.06 bits per heavy atom. The first-order valence-electron chi connectivity index (χ1n) is 10.6. The van der Waals surface area contributed by atoms with Crippen LogP contribution < -0.4 is 15.8 Å². The Morgan fingerprint density at radius 3 is 2.27 bits per heavy atom. The highest BCUT2D eigenvalue weighted by atomic mass is 35.5. The number of anilines is 1. The van der Waals surface area contributed by atoms with Gasteiger partial charge in [-0.15, -0.1) is 24.8 Å². The van der Waals surface area contributed by atoms with Gasteiger partial charge in [-0.2, -0.15) is 0 Å². The third kappa shape index (κ3) is 6.47. The van der Waals surface area contributed by atoms with Crippen LogP contribution in [0.5, 0.6) is 5.75 Å². The van der Waals surface area contributed by atoms with Crippen molar-refractivity contribution in [3.63, 3.8) is 0 Å². The molecule has 5 nitrogen and oxygen atoms in total. The number of nitrogens with zero attached hydrogens (tertiary/aromatic N) is 1. The van der Waals surface area contributed by atoms with Gasteiger partial charge in [-0.05, 0) is 49.4 Å². The molecule has 0 aliphatic heterocycles. The van der Waals surface area contributed by atoms with Crippen LogP contribution in [-0.4, -0.2) is 18.0 Å². The molecule has 0 unspecified atom stereocenters. The zero-order chi connectivity index (χ0) is 22.5. The molecule has 0 saturated heterocycles. The van der Waals surface area contributed by atoms with Crippen molar-refractivity contribution in [1.82, 2.24) is 4.98 Å². The van der Waals surface area contributed by atoms with Gasteiger partial charge in [0.1, 0.15) is 5.75 Å². The lowest BCUT2D eigenvalue weighted by atomic mass is 9.92. The van der Waals surface area contributed by atoms with Gasteiger partial charge in [0.05, 0.1) is 24.1 Å². The van der Waals surface area contributed by atoms with E-state index in [0.29, 0.717) is 29.5 Å². The number of amides is 1. The van der Waals surface area contributed by atoms with E-state index < -0.39 is 0 Å². The van der Waals surface area contributed by atoms with Crippen LogP contribution in [0.4, 0.5) is 5.69 Å². The zero-order valence-corrected chi connectivity index (χ0v) is 21.4. The van der Waals surface area contributed by atoms with E-state index in [2.05, 4.69) is 50.4 Å². The molecule has 3 N–H and O–H groups in total. The first-order valence-corrected chi connectivity index (χ1v) is 10.6. The van der Waals surface area contributed by atoms with E-state index in [1.807, 2.05) is 19.1 Å². The molecule has 178 valence electrons. The Labute approximate surface area is 209 Å². The van der Waals surface area contributed by atoms with Gasteiger partial charge in [-0.25, -0.2) is 0 Å². The van der Waals surface area contributed by atoms with Crippen LogP contribution in [0.2, 0.25) is 0 Å². The van der Waals surface area contributed by atoms with Crippen molar-refractivity contribution in [1.29, 1.82) is 0 Å². The van der Waals surface area contributed by atoms with Crippen LogP contribution in [-0.2, 0) is 13.0 Å². The number of rotatable bonds is 7. The predicted molar refractivity (Wildman–Crippen MR) is 141 cm³/mol. The Bertz CT molecular complexity index is 1080.